The Kier molecular flexibility index (Phi) is 4.08. The van der Waals surface area contributed by atoms with Gasteiger partial charge in [-0.15, -0.1) is 0 Å². The second-order valence-corrected chi connectivity index (χ2v) is 5.42. The fourth-order valence-electron chi connectivity index (χ4n) is 3.44. The molecule has 0 heterocycles. The number of hydrogen-bond acceptors (Lipinski definition) is 0. The predicted molar refractivity (Wildman–Crippen MR) is 67.4 cm³/mol. The lowest BCUT2D eigenvalue weighted by molar-refractivity contribution is -0.609. The Hall–Kier alpha value is -0.730. The van der Waals surface area contributed by atoms with Gasteiger partial charge < -0.3 is 0 Å². The highest BCUT2D eigenvalue weighted by Gasteiger charge is 2.28. The average Bonchev–Trinajstić information content (AvgIpc) is 2.31. The quantitative estimate of drug-likeness (QED) is 0.428. The summed E-state index contributed by atoms with van der Waals surface area (Å²) < 4.78 is 2.36. The van der Waals surface area contributed by atoms with Crippen LogP contribution in [0.4, 0.5) is 0 Å². The average molecular weight is 224 g/mol. The molecule has 3 heteroatoms. The van der Waals surface area contributed by atoms with Crippen LogP contribution in [0.2, 0.25) is 0 Å². The predicted octanol–water partition coefficient (Wildman–Crippen LogP) is 1.94. The second-order valence-electron chi connectivity index (χ2n) is 5.42. The van der Waals surface area contributed by atoms with Gasteiger partial charge in [0.2, 0.25) is 0 Å². The Balaban J connectivity index is 2.06. The Morgan fingerprint density at radius 2 is 1.06 bits per heavy atom. The van der Waals surface area contributed by atoms with Gasteiger partial charge in [-0.05, 0) is 25.7 Å². The van der Waals surface area contributed by atoms with E-state index in [0.717, 1.165) is 0 Å². The number of rotatable bonds is 2. The fourth-order valence-corrected chi connectivity index (χ4v) is 3.44. The molecule has 0 aromatic carbocycles. The van der Waals surface area contributed by atoms with E-state index in [-0.39, 0.29) is 0 Å². The molecule has 16 heavy (non-hydrogen) atoms. The van der Waals surface area contributed by atoms with E-state index < -0.39 is 0 Å². The smallest absolute Gasteiger partial charge is 0.291 e. The molecule has 2 aliphatic carbocycles. The summed E-state index contributed by atoms with van der Waals surface area (Å²) in [7, 11) is 0. The van der Waals surface area contributed by atoms with Crippen LogP contribution in [0.3, 0.4) is 0 Å². The van der Waals surface area contributed by atoms with Crippen LogP contribution in [0.25, 0.3) is 0 Å². The molecule has 0 unspecified atom stereocenters. The molecule has 0 bridgehead atoms. The van der Waals surface area contributed by atoms with Crippen molar-refractivity contribution in [2.24, 2.45) is 11.5 Å². The molecule has 4 N–H and O–H groups in total. The van der Waals surface area contributed by atoms with Gasteiger partial charge in [-0.2, -0.15) is 0 Å². The lowest BCUT2D eigenvalue weighted by Crippen LogP contribution is -2.47. The van der Waals surface area contributed by atoms with E-state index in [1.165, 1.54) is 64.2 Å². The van der Waals surface area contributed by atoms with Crippen LogP contribution in [0.1, 0.15) is 64.2 Å². The molecule has 92 valence electrons. The van der Waals surface area contributed by atoms with Crippen molar-refractivity contribution in [3.63, 3.8) is 0 Å². The van der Waals surface area contributed by atoms with Crippen LogP contribution in [-0.4, -0.2) is 22.6 Å². The standard InChI is InChI=1S/C13H25N3/c14-13(15)16(11-7-3-1-4-8-11)12-9-5-2-6-10-12/h11-12H,1-10H2,(H3,14,15)/p+1. The van der Waals surface area contributed by atoms with Crippen LogP contribution >= 0.6 is 0 Å². The first kappa shape index (κ1) is 11.7. The summed E-state index contributed by atoms with van der Waals surface area (Å²) >= 11 is 0. The number of nitrogens with two attached hydrogens (primary N) is 2. The number of guanidine groups is 1. The van der Waals surface area contributed by atoms with E-state index in [9.17, 15) is 0 Å². The van der Waals surface area contributed by atoms with E-state index >= 15 is 0 Å². The largest absolute Gasteiger partial charge is 0.341 e. The van der Waals surface area contributed by atoms with E-state index in [1.807, 2.05) is 0 Å². The topological polar surface area (TPSA) is 55.0 Å². The third-order valence-electron chi connectivity index (χ3n) is 4.23. The number of hydrogen-bond donors (Lipinski definition) is 2. The minimum Gasteiger partial charge on any atom is -0.291 e. The molecular weight excluding hydrogens is 198 g/mol. The second kappa shape index (κ2) is 5.55. The molecule has 0 aliphatic heterocycles. The van der Waals surface area contributed by atoms with Crippen molar-refractivity contribution in [2.75, 3.05) is 0 Å². The maximum Gasteiger partial charge on any atom is 0.341 e. The molecular formula is C13H26N3+. The highest BCUT2D eigenvalue weighted by Crippen LogP contribution is 2.26. The van der Waals surface area contributed by atoms with Gasteiger partial charge in [0.25, 0.3) is 0 Å². The monoisotopic (exact) mass is 224 g/mol. The molecule has 0 aromatic rings. The van der Waals surface area contributed by atoms with Crippen molar-refractivity contribution in [1.29, 1.82) is 0 Å². The van der Waals surface area contributed by atoms with Crippen LogP contribution < -0.4 is 11.5 Å². The Labute approximate surface area is 98.9 Å². The first-order valence-corrected chi connectivity index (χ1v) is 6.95. The van der Waals surface area contributed by atoms with Crippen molar-refractivity contribution in [1.82, 2.24) is 0 Å². The van der Waals surface area contributed by atoms with Crippen LogP contribution in [0.15, 0.2) is 0 Å². The van der Waals surface area contributed by atoms with Gasteiger partial charge in [-0.25, -0.2) is 0 Å². The molecule has 2 rings (SSSR count). The summed E-state index contributed by atoms with van der Waals surface area (Å²) in [5.41, 5.74) is 11.8. The summed E-state index contributed by atoms with van der Waals surface area (Å²) in [5, 5.41) is 0. The Bertz CT molecular complexity index is 224. The van der Waals surface area contributed by atoms with Crippen molar-refractivity contribution in [3.8, 4) is 0 Å². The minimum atomic E-state index is 0.568. The van der Waals surface area contributed by atoms with Crippen LogP contribution in [0.5, 0.6) is 0 Å². The normalized spacial score (nSPS) is 24.2. The summed E-state index contributed by atoms with van der Waals surface area (Å²) in [6.07, 6.45) is 13.3. The summed E-state index contributed by atoms with van der Waals surface area (Å²) in [6.45, 7) is 0. The third kappa shape index (κ3) is 2.69. The van der Waals surface area contributed by atoms with Crippen molar-refractivity contribution >= 4 is 5.96 Å². The Morgan fingerprint density at radius 3 is 1.38 bits per heavy atom. The summed E-state index contributed by atoms with van der Waals surface area (Å²) in [5.74, 6) is 0.568. The van der Waals surface area contributed by atoms with E-state index in [1.54, 1.807) is 0 Å². The minimum absolute atomic E-state index is 0.568. The third-order valence-corrected chi connectivity index (χ3v) is 4.23. The zero-order chi connectivity index (χ0) is 11.4. The molecule has 2 saturated carbocycles. The molecule has 3 nitrogen and oxygen atoms in total. The lowest BCUT2D eigenvalue weighted by atomic mass is 9.90. The first-order valence-electron chi connectivity index (χ1n) is 6.95. The highest BCUT2D eigenvalue weighted by atomic mass is 15.2. The lowest BCUT2D eigenvalue weighted by Gasteiger charge is -2.32. The SMILES string of the molecule is NC(N)=[N+](C1CCCCC1)C1CCCCC1. The Morgan fingerprint density at radius 1 is 0.688 bits per heavy atom. The number of nitrogens with zero attached hydrogens (tertiary/aromatic N) is 1. The van der Waals surface area contributed by atoms with Gasteiger partial charge >= 0.3 is 5.96 Å². The highest BCUT2D eigenvalue weighted by molar-refractivity contribution is 5.70. The molecule has 0 atom stereocenters. The molecule has 0 spiro atoms. The molecule has 0 radical (unpaired) electrons. The molecule has 2 aliphatic rings. The molecule has 0 saturated heterocycles. The zero-order valence-corrected chi connectivity index (χ0v) is 10.3. The summed E-state index contributed by atoms with van der Waals surface area (Å²) in [4.78, 5) is 0. The van der Waals surface area contributed by atoms with Crippen molar-refractivity contribution in [2.45, 2.75) is 76.3 Å². The van der Waals surface area contributed by atoms with E-state index in [2.05, 4.69) is 4.58 Å². The van der Waals surface area contributed by atoms with Crippen LogP contribution in [0, 0.1) is 0 Å². The maximum atomic E-state index is 5.92. The van der Waals surface area contributed by atoms with Crippen molar-refractivity contribution < 1.29 is 4.58 Å². The zero-order valence-electron chi connectivity index (χ0n) is 10.3. The summed E-state index contributed by atoms with van der Waals surface area (Å²) in [6, 6.07) is 1.25. The fraction of sp³-hybridized carbons (Fsp3) is 0.923. The molecule has 2 fully saturated rings. The molecule has 0 aromatic heterocycles. The van der Waals surface area contributed by atoms with Gasteiger partial charge in [-0.3, -0.25) is 16.0 Å². The van der Waals surface area contributed by atoms with Gasteiger partial charge in [0, 0.05) is 0 Å². The van der Waals surface area contributed by atoms with Crippen LogP contribution in [-0.2, 0) is 0 Å². The van der Waals surface area contributed by atoms with Gasteiger partial charge in [0.05, 0.1) is 12.1 Å². The van der Waals surface area contributed by atoms with Gasteiger partial charge in [0.15, 0.2) is 0 Å². The first-order chi connectivity index (χ1) is 7.79. The molecule has 0 amide bonds. The van der Waals surface area contributed by atoms with E-state index in [0.29, 0.717) is 18.0 Å². The maximum absolute atomic E-state index is 5.92. The van der Waals surface area contributed by atoms with Gasteiger partial charge in [0.1, 0.15) is 0 Å². The van der Waals surface area contributed by atoms with Crippen molar-refractivity contribution in [3.05, 3.63) is 0 Å². The van der Waals surface area contributed by atoms with E-state index in [4.69, 9.17) is 11.5 Å². The van der Waals surface area contributed by atoms with Gasteiger partial charge in [-0.1, -0.05) is 38.5 Å².